The summed E-state index contributed by atoms with van der Waals surface area (Å²) in [5, 5.41) is 24.3. The molecule has 1 aliphatic heterocycles. The van der Waals surface area contributed by atoms with Gasteiger partial charge in [0.05, 0.1) is 0 Å². The van der Waals surface area contributed by atoms with Crippen LogP contribution in [-0.2, 0) is 9.53 Å². The molecule has 0 aromatic rings. The van der Waals surface area contributed by atoms with Gasteiger partial charge in [0.25, 0.3) is 0 Å². The number of alkyl carbamates (subject to hydrolysis) is 1. The molecule has 0 bridgehead atoms. The van der Waals surface area contributed by atoms with Crippen molar-refractivity contribution in [2.45, 2.75) is 44.9 Å². The Morgan fingerprint density at radius 3 is 2.40 bits per heavy atom. The van der Waals surface area contributed by atoms with E-state index in [2.05, 4.69) is 17.2 Å². The van der Waals surface area contributed by atoms with E-state index in [0.29, 0.717) is 13.0 Å². The zero-order valence-corrected chi connectivity index (χ0v) is 14.8. The van der Waals surface area contributed by atoms with Gasteiger partial charge in [-0.1, -0.05) is 6.08 Å². The van der Waals surface area contributed by atoms with Gasteiger partial charge in [-0.25, -0.2) is 14.4 Å². The van der Waals surface area contributed by atoms with Crippen LogP contribution in [-0.4, -0.2) is 70.6 Å². The first kappa shape index (κ1) is 20.8. The first-order chi connectivity index (χ1) is 11.6. The van der Waals surface area contributed by atoms with Crippen LogP contribution in [0.25, 0.3) is 0 Å². The Kier molecular flexibility index (Phi) is 7.22. The second kappa shape index (κ2) is 8.70. The average molecular weight is 357 g/mol. The van der Waals surface area contributed by atoms with E-state index in [0.717, 1.165) is 4.90 Å². The topological polar surface area (TPSA) is 128 Å². The Morgan fingerprint density at radius 2 is 1.92 bits per heavy atom. The van der Waals surface area contributed by atoms with E-state index in [9.17, 15) is 24.6 Å². The number of hydrogen-bond donors (Lipinski definition) is 4. The minimum atomic E-state index is -1.27. The number of amides is 2. The van der Waals surface area contributed by atoms with E-state index >= 15 is 0 Å². The summed E-state index contributed by atoms with van der Waals surface area (Å²) in [6, 6.07) is -1.46. The number of ether oxygens (including phenoxy) is 1. The van der Waals surface area contributed by atoms with Crippen molar-refractivity contribution in [1.29, 1.82) is 0 Å². The molecule has 0 unspecified atom stereocenters. The Hall–Kier alpha value is -2.29. The maximum Gasteiger partial charge on any atom is 0.408 e. The van der Waals surface area contributed by atoms with Crippen molar-refractivity contribution in [2.75, 3.05) is 19.6 Å². The molecular formula is C16H27N3O6. The van der Waals surface area contributed by atoms with Gasteiger partial charge in [0.1, 0.15) is 11.6 Å². The highest BCUT2D eigenvalue weighted by Crippen LogP contribution is 2.28. The molecule has 2 amide bonds. The minimum Gasteiger partial charge on any atom is -0.480 e. The SMILES string of the molecule is C=CC[C@@H]1[C@@H](NCCNC(=O)OC(C)(C)C)CN(C(=O)O)[C@@H]1C(=O)O. The molecule has 1 saturated heterocycles. The van der Waals surface area contributed by atoms with Crippen molar-refractivity contribution in [3.05, 3.63) is 12.7 Å². The van der Waals surface area contributed by atoms with E-state index in [1.807, 2.05) is 0 Å². The van der Waals surface area contributed by atoms with Gasteiger partial charge in [0, 0.05) is 31.6 Å². The fourth-order valence-corrected chi connectivity index (χ4v) is 2.86. The number of hydrogen-bond acceptors (Lipinski definition) is 5. The monoisotopic (exact) mass is 357 g/mol. The van der Waals surface area contributed by atoms with E-state index < -0.39 is 35.7 Å². The van der Waals surface area contributed by atoms with Gasteiger partial charge < -0.3 is 25.6 Å². The zero-order valence-electron chi connectivity index (χ0n) is 14.8. The molecule has 0 spiro atoms. The summed E-state index contributed by atoms with van der Waals surface area (Å²) in [4.78, 5) is 35.3. The molecule has 9 heteroatoms. The number of carboxylic acids is 1. The largest absolute Gasteiger partial charge is 0.480 e. The molecule has 0 aromatic carbocycles. The van der Waals surface area contributed by atoms with Gasteiger partial charge in [-0.3, -0.25) is 4.90 Å². The Morgan fingerprint density at radius 1 is 1.28 bits per heavy atom. The fourth-order valence-electron chi connectivity index (χ4n) is 2.86. The second-order valence-electron chi connectivity index (χ2n) is 6.90. The number of carboxylic acid groups (broad SMARTS) is 2. The normalized spacial score (nSPS) is 23.2. The number of allylic oxidation sites excluding steroid dienone is 1. The number of nitrogens with one attached hydrogen (secondary N) is 2. The zero-order chi connectivity index (χ0) is 19.2. The van der Waals surface area contributed by atoms with Crippen molar-refractivity contribution in [1.82, 2.24) is 15.5 Å². The van der Waals surface area contributed by atoms with Crippen LogP contribution in [0.5, 0.6) is 0 Å². The van der Waals surface area contributed by atoms with Crippen LogP contribution in [0.2, 0.25) is 0 Å². The summed E-state index contributed by atoms with van der Waals surface area (Å²) in [6.45, 7) is 9.59. The standard InChI is InChI=1S/C16H27N3O6/c1-5-6-10-11(9-19(15(23)24)12(10)13(20)21)17-7-8-18-14(22)25-16(2,3)4/h5,10-12,17H,1,6-9H2,2-4H3,(H,18,22)(H,20,21)(H,23,24)/t10-,11+,12+/m1/s1. The molecule has 142 valence electrons. The maximum absolute atomic E-state index is 11.6. The van der Waals surface area contributed by atoms with Crippen LogP contribution >= 0.6 is 0 Å². The third-order valence-electron chi connectivity index (χ3n) is 3.79. The quantitative estimate of drug-likeness (QED) is 0.397. The minimum absolute atomic E-state index is 0.0667. The lowest BCUT2D eigenvalue weighted by Crippen LogP contribution is -2.43. The molecule has 0 aliphatic carbocycles. The van der Waals surface area contributed by atoms with E-state index in [1.54, 1.807) is 26.8 Å². The van der Waals surface area contributed by atoms with Crippen LogP contribution in [0.3, 0.4) is 0 Å². The summed E-state index contributed by atoms with van der Waals surface area (Å²) in [6.07, 6.45) is 0.147. The smallest absolute Gasteiger partial charge is 0.408 e. The second-order valence-corrected chi connectivity index (χ2v) is 6.90. The van der Waals surface area contributed by atoms with Crippen molar-refractivity contribution in [2.24, 2.45) is 5.92 Å². The third kappa shape index (κ3) is 6.26. The molecule has 0 aromatic heterocycles. The molecule has 1 aliphatic rings. The average Bonchev–Trinajstić information content (AvgIpc) is 2.81. The lowest BCUT2D eigenvalue weighted by atomic mass is 9.92. The number of carbonyl (C=O) groups excluding carboxylic acids is 1. The lowest BCUT2D eigenvalue weighted by molar-refractivity contribution is -0.142. The van der Waals surface area contributed by atoms with Gasteiger partial charge in [0.2, 0.25) is 0 Å². The molecule has 1 heterocycles. The molecule has 4 N–H and O–H groups in total. The first-order valence-electron chi connectivity index (χ1n) is 8.10. The summed E-state index contributed by atoms with van der Waals surface area (Å²) in [5.74, 6) is -1.60. The summed E-state index contributed by atoms with van der Waals surface area (Å²) < 4.78 is 5.11. The molecule has 1 rings (SSSR count). The van der Waals surface area contributed by atoms with Gasteiger partial charge in [0.15, 0.2) is 0 Å². The highest BCUT2D eigenvalue weighted by atomic mass is 16.6. The molecular weight excluding hydrogens is 330 g/mol. The van der Waals surface area contributed by atoms with Crippen molar-refractivity contribution >= 4 is 18.2 Å². The molecule has 1 fully saturated rings. The van der Waals surface area contributed by atoms with Crippen LogP contribution in [0.15, 0.2) is 12.7 Å². The Bertz CT molecular complexity index is 516. The van der Waals surface area contributed by atoms with Crippen LogP contribution < -0.4 is 10.6 Å². The Balaban J connectivity index is 2.58. The third-order valence-corrected chi connectivity index (χ3v) is 3.79. The van der Waals surface area contributed by atoms with Crippen molar-refractivity contribution < 1.29 is 29.3 Å². The number of rotatable bonds is 7. The predicted octanol–water partition coefficient (Wildman–Crippen LogP) is 1.11. The molecule has 25 heavy (non-hydrogen) atoms. The molecule has 3 atom stereocenters. The van der Waals surface area contributed by atoms with Gasteiger partial charge in [-0.2, -0.15) is 0 Å². The highest BCUT2D eigenvalue weighted by molar-refractivity contribution is 5.80. The summed E-state index contributed by atoms with van der Waals surface area (Å²) >= 11 is 0. The van der Waals surface area contributed by atoms with E-state index in [1.165, 1.54) is 0 Å². The maximum atomic E-state index is 11.6. The van der Waals surface area contributed by atoms with Gasteiger partial charge >= 0.3 is 18.2 Å². The van der Waals surface area contributed by atoms with Crippen molar-refractivity contribution in [3.8, 4) is 0 Å². The van der Waals surface area contributed by atoms with Crippen LogP contribution in [0.4, 0.5) is 9.59 Å². The Labute approximate surface area is 147 Å². The number of nitrogens with zero attached hydrogens (tertiary/aromatic N) is 1. The number of carbonyl (C=O) groups is 3. The number of likely N-dealkylation sites (tertiary alicyclic amines) is 1. The highest BCUT2D eigenvalue weighted by Gasteiger charge is 2.47. The number of aliphatic carboxylic acids is 1. The van der Waals surface area contributed by atoms with E-state index in [4.69, 9.17) is 4.74 Å². The molecule has 9 nitrogen and oxygen atoms in total. The first-order valence-corrected chi connectivity index (χ1v) is 8.10. The molecule has 0 radical (unpaired) electrons. The summed E-state index contributed by atoms with van der Waals surface area (Å²) in [5.41, 5.74) is -0.589. The van der Waals surface area contributed by atoms with Gasteiger partial charge in [-0.05, 0) is 27.2 Å². The van der Waals surface area contributed by atoms with Crippen LogP contribution in [0, 0.1) is 5.92 Å². The van der Waals surface area contributed by atoms with Crippen molar-refractivity contribution in [3.63, 3.8) is 0 Å². The van der Waals surface area contributed by atoms with Gasteiger partial charge in [-0.15, -0.1) is 6.58 Å². The van der Waals surface area contributed by atoms with E-state index in [-0.39, 0.29) is 19.1 Å². The lowest BCUT2D eigenvalue weighted by Gasteiger charge is -2.23. The van der Waals surface area contributed by atoms with Crippen LogP contribution in [0.1, 0.15) is 27.2 Å². The fraction of sp³-hybridized carbons (Fsp3) is 0.688. The summed E-state index contributed by atoms with van der Waals surface area (Å²) in [7, 11) is 0. The molecule has 0 saturated carbocycles. The predicted molar refractivity (Wildman–Crippen MR) is 90.5 cm³/mol.